The molecule has 0 spiro atoms. The van der Waals surface area contributed by atoms with E-state index in [1.165, 1.54) is 18.2 Å². The molecule has 2 N–H and O–H groups in total. The Hall–Kier alpha value is -3.72. The van der Waals surface area contributed by atoms with Crippen molar-refractivity contribution in [3.63, 3.8) is 0 Å². The number of amides is 1. The number of ether oxygens (including phenoxy) is 1. The largest absolute Gasteiger partial charge is 0.472 e. The maximum absolute atomic E-state index is 14.4. The molecule has 5 rings (SSSR count). The van der Waals surface area contributed by atoms with E-state index in [4.69, 9.17) is 20.0 Å². The van der Waals surface area contributed by atoms with Crippen LogP contribution in [0.15, 0.2) is 70.6 Å². The second-order valence-electron chi connectivity index (χ2n) is 8.89. The number of carbonyl (C=O) groups excluding carboxylic acids is 1. The number of hydrogen-bond donors (Lipinski definition) is 1. The summed E-state index contributed by atoms with van der Waals surface area (Å²) < 4.78 is 39.4. The average Bonchev–Trinajstić information content (AvgIpc) is 3.54. The third-order valence-corrected chi connectivity index (χ3v) is 6.63. The topological polar surface area (TPSA) is 84.3 Å². The molecule has 9 heteroatoms. The molecule has 3 aromatic rings. The maximum Gasteiger partial charge on any atom is 0.253 e. The standard InChI is InChI=1S/C26H26F2N4O3/c1-15-23(24(18-10-12-34-14-18)30-32(15)21-7-4-19(27)5-8-21)26-31(25(33)16(2)35-26)11-9-17-3-6-20(29)13-22(17)28/h3-8,10,12-16,23,26H,9,11,29H2,1-2H3/t15?,16-,23?,26-/m1/s1. The van der Waals surface area contributed by atoms with Crippen LogP contribution in [0.1, 0.15) is 25.0 Å². The minimum atomic E-state index is -0.645. The molecule has 0 radical (unpaired) electrons. The highest BCUT2D eigenvalue weighted by molar-refractivity contribution is 6.05. The molecule has 2 aromatic carbocycles. The molecule has 182 valence electrons. The van der Waals surface area contributed by atoms with Crippen molar-refractivity contribution in [2.75, 3.05) is 17.3 Å². The first-order valence-electron chi connectivity index (χ1n) is 11.5. The fourth-order valence-corrected chi connectivity index (χ4v) is 4.80. The normalized spacial score (nSPS) is 24.3. The zero-order valence-electron chi connectivity index (χ0n) is 19.4. The summed E-state index contributed by atoms with van der Waals surface area (Å²) in [6.45, 7) is 3.97. The molecule has 1 aromatic heterocycles. The quantitative estimate of drug-likeness (QED) is 0.535. The van der Waals surface area contributed by atoms with Gasteiger partial charge in [0, 0.05) is 17.8 Å². The highest BCUT2D eigenvalue weighted by Gasteiger charge is 2.50. The summed E-state index contributed by atoms with van der Waals surface area (Å²) >= 11 is 0. The Morgan fingerprint density at radius 3 is 2.54 bits per heavy atom. The molecule has 0 saturated carbocycles. The van der Waals surface area contributed by atoms with Crippen LogP contribution >= 0.6 is 0 Å². The van der Waals surface area contributed by atoms with Crippen LogP contribution < -0.4 is 10.7 Å². The SMILES string of the molecule is CC1C([C@H]2O[C@H](C)C(=O)N2CCc2ccc(N)cc2F)C(c2ccoc2)=NN1c1ccc(F)cc1. The van der Waals surface area contributed by atoms with E-state index in [1.54, 1.807) is 59.7 Å². The van der Waals surface area contributed by atoms with Crippen molar-refractivity contribution in [1.82, 2.24) is 4.90 Å². The number of anilines is 2. The maximum atomic E-state index is 14.4. The van der Waals surface area contributed by atoms with E-state index in [9.17, 15) is 13.6 Å². The Kier molecular flexibility index (Phi) is 6.02. The number of rotatable bonds is 6. The Bertz CT molecular complexity index is 1250. The summed E-state index contributed by atoms with van der Waals surface area (Å²) in [7, 11) is 0. The fraction of sp³-hybridized carbons (Fsp3) is 0.308. The van der Waals surface area contributed by atoms with Gasteiger partial charge in [-0.05, 0) is 68.3 Å². The smallest absolute Gasteiger partial charge is 0.253 e. The molecule has 2 aliphatic heterocycles. The van der Waals surface area contributed by atoms with Crippen molar-refractivity contribution < 1.29 is 22.7 Å². The van der Waals surface area contributed by atoms with E-state index in [1.807, 2.05) is 6.92 Å². The summed E-state index contributed by atoms with van der Waals surface area (Å²) in [6.07, 6.45) is 2.20. The van der Waals surface area contributed by atoms with Crippen molar-refractivity contribution in [3.8, 4) is 0 Å². The van der Waals surface area contributed by atoms with Gasteiger partial charge in [0.05, 0.1) is 35.9 Å². The number of halogens is 2. The Morgan fingerprint density at radius 2 is 1.86 bits per heavy atom. The molecule has 1 fully saturated rings. The summed E-state index contributed by atoms with van der Waals surface area (Å²) in [6, 6.07) is 12.2. The van der Waals surface area contributed by atoms with Crippen molar-refractivity contribution in [2.45, 2.75) is 38.6 Å². The second-order valence-corrected chi connectivity index (χ2v) is 8.89. The molecule has 2 unspecified atom stereocenters. The van der Waals surface area contributed by atoms with Gasteiger partial charge in [-0.2, -0.15) is 5.10 Å². The van der Waals surface area contributed by atoms with Crippen LogP contribution in [-0.4, -0.2) is 41.4 Å². The van der Waals surface area contributed by atoms with Crippen molar-refractivity contribution in [3.05, 3.63) is 83.8 Å². The van der Waals surface area contributed by atoms with Gasteiger partial charge < -0.3 is 19.8 Å². The van der Waals surface area contributed by atoms with Crippen LogP contribution in [0.5, 0.6) is 0 Å². The molecule has 3 heterocycles. The number of hydrogen-bond acceptors (Lipinski definition) is 6. The van der Waals surface area contributed by atoms with E-state index in [0.29, 0.717) is 23.4 Å². The van der Waals surface area contributed by atoms with Gasteiger partial charge in [0.25, 0.3) is 5.91 Å². The van der Waals surface area contributed by atoms with Crippen LogP contribution in [0.25, 0.3) is 0 Å². The van der Waals surface area contributed by atoms with Gasteiger partial charge in [0.1, 0.15) is 24.0 Å². The van der Waals surface area contributed by atoms with Crippen LogP contribution in [0.4, 0.5) is 20.2 Å². The highest BCUT2D eigenvalue weighted by Crippen LogP contribution is 2.37. The van der Waals surface area contributed by atoms with Gasteiger partial charge in [-0.25, -0.2) is 8.78 Å². The lowest BCUT2D eigenvalue weighted by molar-refractivity contribution is -0.130. The summed E-state index contributed by atoms with van der Waals surface area (Å²) in [5.41, 5.74) is 8.67. The Labute approximate surface area is 201 Å². The van der Waals surface area contributed by atoms with Crippen LogP contribution in [0, 0.1) is 17.6 Å². The molecular weight excluding hydrogens is 454 g/mol. The molecule has 2 aliphatic rings. The first-order chi connectivity index (χ1) is 16.8. The van der Waals surface area contributed by atoms with E-state index in [2.05, 4.69) is 0 Å². The average molecular weight is 481 g/mol. The summed E-state index contributed by atoms with van der Waals surface area (Å²) in [4.78, 5) is 14.8. The van der Waals surface area contributed by atoms with E-state index in [0.717, 1.165) is 11.3 Å². The second kappa shape index (κ2) is 9.14. The predicted octanol–water partition coefficient (Wildman–Crippen LogP) is 4.19. The predicted molar refractivity (Wildman–Crippen MR) is 128 cm³/mol. The van der Waals surface area contributed by atoms with E-state index < -0.39 is 18.1 Å². The van der Waals surface area contributed by atoms with Gasteiger partial charge in [-0.1, -0.05) is 6.07 Å². The van der Waals surface area contributed by atoms with Crippen molar-refractivity contribution in [2.24, 2.45) is 11.0 Å². The lowest BCUT2D eigenvalue weighted by atomic mass is 9.90. The lowest BCUT2D eigenvalue weighted by Gasteiger charge is -2.32. The van der Waals surface area contributed by atoms with Crippen molar-refractivity contribution in [1.29, 1.82) is 0 Å². The number of furan rings is 1. The number of nitrogen functional groups attached to an aromatic ring is 1. The molecule has 0 bridgehead atoms. The number of carbonyl (C=O) groups is 1. The molecule has 35 heavy (non-hydrogen) atoms. The van der Waals surface area contributed by atoms with E-state index in [-0.39, 0.29) is 30.2 Å². The van der Waals surface area contributed by atoms with Gasteiger partial charge in [0.15, 0.2) is 0 Å². The van der Waals surface area contributed by atoms with Crippen LogP contribution in [0.2, 0.25) is 0 Å². The zero-order valence-corrected chi connectivity index (χ0v) is 19.4. The summed E-state index contributed by atoms with van der Waals surface area (Å²) in [5.74, 6) is -1.23. The zero-order chi connectivity index (χ0) is 24.7. The monoisotopic (exact) mass is 480 g/mol. The third kappa shape index (κ3) is 4.27. The Morgan fingerprint density at radius 1 is 1.09 bits per heavy atom. The van der Waals surface area contributed by atoms with Crippen molar-refractivity contribution >= 4 is 23.0 Å². The molecular formula is C26H26F2N4O3. The summed E-state index contributed by atoms with van der Waals surface area (Å²) in [5, 5.41) is 6.65. The fourth-order valence-electron chi connectivity index (χ4n) is 4.80. The molecule has 1 saturated heterocycles. The van der Waals surface area contributed by atoms with Gasteiger partial charge >= 0.3 is 0 Å². The third-order valence-electron chi connectivity index (χ3n) is 6.63. The number of nitrogens with two attached hydrogens (primary N) is 1. The number of nitrogens with zero attached hydrogens (tertiary/aromatic N) is 3. The molecule has 7 nitrogen and oxygen atoms in total. The number of benzene rings is 2. The first-order valence-corrected chi connectivity index (χ1v) is 11.5. The minimum Gasteiger partial charge on any atom is -0.472 e. The van der Waals surface area contributed by atoms with E-state index >= 15 is 0 Å². The molecule has 1 amide bonds. The Balaban J connectivity index is 1.46. The van der Waals surface area contributed by atoms with Crippen LogP contribution in [-0.2, 0) is 16.0 Å². The first kappa shape index (κ1) is 23.0. The number of hydrazone groups is 1. The van der Waals surface area contributed by atoms with Gasteiger partial charge in [-0.3, -0.25) is 9.80 Å². The van der Waals surface area contributed by atoms with Gasteiger partial charge in [-0.15, -0.1) is 0 Å². The highest BCUT2D eigenvalue weighted by atomic mass is 19.1. The van der Waals surface area contributed by atoms with Crippen LogP contribution in [0.3, 0.4) is 0 Å². The molecule has 0 aliphatic carbocycles. The molecule has 4 atom stereocenters. The van der Waals surface area contributed by atoms with Gasteiger partial charge in [0.2, 0.25) is 0 Å². The lowest BCUT2D eigenvalue weighted by Crippen LogP contribution is -2.47. The minimum absolute atomic E-state index is 0.162.